The summed E-state index contributed by atoms with van der Waals surface area (Å²) >= 11 is 0. The minimum atomic E-state index is 0.257. The fourth-order valence-electron chi connectivity index (χ4n) is 0.398. The van der Waals surface area contributed by atoms with E-state index in [1.807, 2.05) is 6.92 Å². The van der Waals surface area contributed by atoms with Gasteiger partial charge in [-0.05, 0) is 20.6 Å². The van der Waals surface area contributed by atoms with E-state index in [1.54, 1.807) is 6.92 Å². The van der Waals surface area contributed by atoms with Gasteiger partial charge in [0.1, 0.15) is 5.84 Å². The highest BCUT2D eigenvalue weighted by Crippen LogP contribution is 1.79. The fourth-order valence-corrected chi connectivity index (χ4v) is 0.398. The van der Waals surface area contributed by atoms with Crippen molar-refractivity contribution >= 4 is 18.5 Å². The van der Waals surface area contributed by atoms with Gasteiger partial charge in [-0.2, -0.15) is 4.99 Å². The number of aliphatic imine (C=N–C) groups is 3. The van der Waals surface area contributed by atoms with Gasteiger partial charge in [-0.1, -0.05) is 0 Å². The molecule has 4 nitrogen and oxygen atoms in total. The minimum absolute atomic E-state index is 0.257. The van der Waals surface area contributed by atoms with Gasteiger partial charge in [0, 0.05) is 6.54 Å². The topological polar surface area (TPSA) is 63.1 Å². The van der Waals surface area contributed by atoms with Gasteiger partial charge in [0.25, 0.3) is 0 Å². The molecule has 0 atom stereocenters. The maximum atomic E-state index is 5.34. The third-order valence-electron chi connectivity index (χ3n) is 0.825. The maximum Gasteiger partial charge on any atom is 0.217 e. The molecule has 0 heterocycles. The third kappa shape index (κ3) is 3.77. The van der Waals surface area contributed by atoms with Crippen LogP contribution in [-0.4, -0.2) is 25.1 Å². The first-order valence-corrected chi connectivity index (χ1v) is 3.02. The zero-order valence-electron chi connectivity index (χ0n) is 6.33. The molecule has 0 fully saturated rings. The van der Waals surface area contributed by atoms with E-state index < -0.39 is 0 Å². The lowest BCUT2D eigenvalue weighted by Gasteiger charge is -1.90. The van der Waals surface area contributed by atoms with Crippen LogP contribution in [0.1, 0.15) is 13.8 Å². The maximum absolute atomic E-state index is 5.34. The molecule has 0 aliphatic heterocycles. The van der Waals surface area contributed by atoms with Crippen molar-refractivity contribution in [3.63, 3.8) is 0 Å². The highest BCUT2D eigenvalue weighted by Gasteiger charge is 1.85. The van der Waals surface area contributed by atoms with Crippen LogP contribution in [0.3, 0.4) is 0 Å². The molecule has 0 aliphatic carbocycles. The van der Waals surface area contributed by atoms with Crippen LogP contribution in [0.25, 0.3) is 0 Å². The Balaban J connectivity index is 4.11. The molecule has 0 unspecified atom stereocenters. The minimum Gasteiger partial charge on any atom is -0.368 e. The van der Waals surface area contributed by atoms with E-state index in [1.165, 1.54) is 0 Å². The van der Waals surface area contributed by atoms with Crippen LogP contribution in [0, 0.1) is 0 Å². The Morgan fingerprint density at radius 1 is 1.60 bits per heavy atom. The largest absolute Gasteiger partial charge is 0.368 e. The molecule has 0 bridgehead atoms. The van der Waals surface area contributed by atoms with Gasteiger partial charge in [-0.3, -0.25) is 4.99 Å². The van der Waals surface area contributed by atoms with E-state index in [0.29, 0.717) is 12.4 Å². The lowest BCUT2D eigenvalue weighted by Crippen LogP contribution is -2.10. The molecule has 0 aromatic rings. The first-order chi connectivity index (χ1) is 4.70. The summed E-state index contributed by atoms with van der Waals surface area (Å²) in [7, 11) is 0. The van der Waals surface area contributed by atoms with E-state index >= 15 is 0 Å². The lowest BCUT2D eigenvalue weighted by atomic mass is 10.7. The van der Waals surface area contributed by atoms with Crippen molar-refractivity contribution in [1.29, 1.82) is 0 Å². The summed E-state index contributed by atoms with van der Waals surface area (Å²) < 4.78 is 0. The van der Waals surface area contributed by atoms with Gasteiger partial charge in [0.15, 0.2) is 0 Å². The van der Waals surface area contributed by atoms with Gasteiger partial charge in [-0.25, -0.2) is 4.99 Å². The molecule has 0 aromatic carbocycles. The molecule has 4 heteroatoms. The smallest absolute Gasteiger partial charge is 0.217 e. The number of rotatable bonds is 1. The molecular formula is C6H12N4. The van der Waals surface area contributed by atoms with Crippen LogP contribution in [-0.2, 0) is 0 Å². The molecule has 0 aromatic heterocycles. The van der Waals surface area contributed by atoms with E-state index in [0.717, 1.165) is 0 Å². The Bertz CT molecular complexity index is 169. The highest BCUT2D eigenvalue weighted by atomic mass is 15.1. The molecule has 0 spiro atoms. The third-order valence-corrected chi connectivity index (χ3v) is 0.825. The second kappa shape index (κ2) is 4.67. The van der Waals surface area contributed by atoms with Gasteiger partial charge < -0.3 is 5.73 Å². The van der Waals surface area contributed by atoms with E-state index in [2.05, 4.69) is 21.7 Å². The lowest BCUT2D eigenvalue weighted by molar-refractivity contribution is 1.11. The average molecular weight is 140 g/mol. The molecule has 2 N–H and O–H groups in total. The number of nitrogens with two attached hydrogens (primary N) is 1. The molecule has 56 valence electrons. The van der Waals surface area contributed by atoms with Crippen LogP contribution in [0.5, 0.6) is 0 Å². The van der Waals surface area contributed by atoms with E-state index in [9.17, 15) is 0 Å². The molecule has 0 saturated carbocycles. The molecule has 0 amide bonds. The fraction of sp³-hybridized carbons (Fsp3) is 0.500. The molecule has 10 heavy (non-hydrogen) atoms. The first kappa shape index (κ1) is 8.81. The summed E-state index contributed by atoms with van der Waals surface area (Å²) in [4.78, 5) is 11.2. The molecular weight excluding hydrogens is 128 g/mol. The number of guanidine groups is 1. The van der Waals surface area contributed by atoms with Crippen molar-refractivity contribution in [2.24, 2.45) is 20.7 Å². The molecule has 0 rings (SSSR count). The van der Waals surface area contributed by atoms with Crippen molar-refractivity contribution in [3.05, 3.63) is 0 Å². The van der Waals surface area contributed by atoms with Crippen molar-refractivity contribution in [2.45, 2.75) is 13.8 Å². The summed E-state index contributed by atoms with van der Waals surface area (Å²) in [5.74, 6) is 0.794. The second-order valence-corrected chi connectivity index (χ2v) is 1.65. The van der Waals surface area contributed by atoms with Gasteiger partial charge >= 0.3 is 0 Å². The summed E-state index contributed by atoms with van der Waals surface area (Å²) in [5, 5.41) is 0. The van der Waals surface area contributed by atoms with Crippen LogP contribution in [0.4, 0.5) is 0 Å². The predicted molar refractivity (Wildman–Crippen MR) is 44.8 cm³/mol. The summed E-state index contributed by atoms with van der Waals surface area (Å²) in [6, 6.07) is 0. The van der Waals surface area contributed by atoms with Gasteiger partial charge in [0.2, 0.25) is 5.96 Å². The quantitative estimate of drug-likeness (QED) is 0.417. The highest BCUT2D eigenvalue weighted by molar-refractivity contribution is 5.95. The zero-order valence-corrected chi connectivity index (χ0v) is 6.33. The number of hydrogen-bond acceptors (Lipinski definition) is 1. The van der Waals surface area contributed by atoms with E-state index in [4.69, 9.17) is 5.73 Å². The van der Waals surface area contributed by atoms with Crippen LogP contribution in [0.15, 0.2) is 15.0 Å². The van der Waals surface area contributed by atoms with Crippen LogP contribution < -0.4 is 5.73 Å². The molecule has 0 aliphatic rings. The summed E-state index contributed by atoms with van der Waals surface area (Å²) in [6.45, 7) is 7.52. The predicted octanol–water partition coefficient (Wildman–Crippen LogP) is 0.440. The standard InChI is InChI=1S/C6H12N4/c1-4-9-6(7)10-5(2)8-3/h3-4H2,1-2H3,(H2,7,9). The van der Waals surface area contributed by atoms with Crippen LogP contribution >= 0.6 is 0 Å². The van der Waals surface area contributed by atoms with Crippen LogP contribution in [0.2, 0.25) is 0 Å². The number of hydrogen-bond donors (Lipinski definition) is 1. The Morgan fingerprint density at radius 3 is 2.60 bits per heavy atom. The van der Waals surface area contributed by atoms with Crippen molar-refractivity contribution in [2.75, 3.05) is 6.54 Å². The number of amidine groups is 1. The molecule has 0 radical (unpaired) electrons. The van der Waals surface area contributed by atoms with Crippen molar-refractivity contribution in [3.8, 4) is 0 Å². The summed E-state index contributed by atoms with van der Waals surface area (Å²) in [6.07, 6.45) is 0. The second-order valence-electron chi connectivity index (χ2n) is 1.65. The summed E-state index contributed by atoms with van der Waals surface area (Å²) in [5.41, 5.74) is 5.34. The van der Waals surface area contributed by atoms with Gasteiger partial charge in [0.05, 0.1) is 0 Å². The van der Waals surface area contributed by atoms with Crippen molar-refractivity contribution in [1.82, 2.24) is 0 Å². The molecule has 0 saturated heterocycles. The van der Waals surface area contributed by atoms with E-state index in [-0.39, 0.29) is 5.96 Å². The average Bonchev–Trinajstić information content (AvgIpc) is 1.88. The number of nitrogens with zero attached hydrogens (tertiary/aromatic N) is 3. The van der Waals surface area contributed by atoms with Crippen molar-refractivity contribution < 1.29 is 0 Å². The Hall–Kier alpha value is -1.19. The first-order valence-electron chi connectivity index (χ1n) is 3.02. The van der Waals surface area contributed by atoms with Gasteiger partial charge in [-0.15, -0.1) is 0 Å². The SMILES string of the molecule is C=NC(C)=NC(N)=NCC. The monoisotopic (exact) mass is 140 g/mol. The normalized spacial score (nSPS) is 13.4. The Labute approximate surface area is 60.6 Å². The Kier molecular flexibility index (Phi) is 4.11. The Morgan fingerprint density at radius 2 is 2.20 bits per heavy atom. The zero-order chi connectivity index (χ0) is 7.98.